The first kappa shape index (κ1) is 14.8. The predicted molar refractivity (Wildman–Crippen MR) is 84.3 cm³/mol. The van der Waals surface area contributed by atoms with Crippen molar-refractivity contribution in [1.29, 1.82) is 0 Å². The second kappa shape index (κ2) is 7.24. The summed E-state index contributed by atoms with van der Waals surface area (Å²) in [4.78, 5) is 0. The van der Waals surface area contributed by atoms with Gasteiger partial charge in [-0.25, -0.2) is 0 Å². The highest BCUT2D eigenvalue weighted by Gasteiger charge is 2.06. The molecule has 4 nitrogen and oxygen atoms in total. The molecule has 4 heteroatoms. The van der Waals surface area contributed by atoms with Gasteiger partial charge in [0.2, 0.25) is 0 Å². The van der Waals surface area contributed by atoms with Gasteiger partial charge in [-0.1, -0.05) is 64.9 Å². The number of oxime groups is 2. The first-order valence-corrected chi connectivity index (χ1v) is 6.79. The van der Waals surface area contributed by atoms with E-state index >= 15 is 0 Å². The molecule has 0 aromatic heterocycles. The van der Waals surface area contributed by atoms with Crippen molar-refractivity contribution < 1.29 is 10.4 Å². The van der Waals surface area contributed by atoms with Crippen LogP contribution < -0.4 is 0 Å². The fourth-order valence-corrected chi connectivity index (χ4v) is 2.09. The SMILES string of the molecule is CC(CCC(=NO)c1ccc(-c2ccccc2)cc1)=NO. The van der Waals surface area contributed by atoms with Gasteiger partial charge in [0.1, 0.15) is 0 Å². The molecule has 21 heavy (non-hydrogen) atoms. The van der Waals surface area contributed by atoms with Crippen molar-refractivity contribution in [3.63, 3.8) is 0 Å². The van der Waals surface area contributed by atoms with Crippen molar-refractivity contribution in [3.8, 4) is 11.1 Å². The van der Waals surface area contributed by atoms with E-state index in [1.807, 2.05) is 42.5 Å². The van der Waals surface area contributed by atoms with Crippen LogP contribution in [0, 0.1) is 0 Å². The summed E-state index contributed by atoms with van der Waals surface area (Å²) in [6.45, 7) is 1.73. The minimum absolute atomic E-state index is 0.525. The number of hydrogen-bond donors (Lipinski definition) is 2. The molecule has 0 radical (unpaired) electrons. The van der Waals surface area contributed by atoms with Gasteiger partial charge < -0.3 is 10.4 Å². The molecule has 0 unspecified atom stereocenters. The number of rotatable bonds is 5. The summed E-state index contributed by atoms with van der Waals surface area (Å²) in [5.41, 5.74) is 4.32. The second-order valence-electron chi connectivity index (χ2n) is 4.83. The molecule has 0 amide bonds. The van der Waals surface area contributed by atoms with Crippen LogP contribution in [-0.4, -0.2) is 21.8 Å². The number of benzene rings is 2. The van der Waals surface area contributed by atoms with Crippen molar-refractivity contribution in [2.75, 3.05) is 0 Å². The largest absolute Gasteiger partial charge is 0.411 e. The lowest BCUT2D eigenvalue weighted by atomic mass is 10.00. The minimum atomic E-state index is 0.525. The molecule has 2 N–H and O–H groups in total. The van der Waals surface area contributed by atoms with Gasteiger partial charge in [0, 0.05) is 0 Å². The van der Waals surface area contributed by atoms with Crippen molar-refractivity contribution in [2.45, 2.75) is 19.8 Å². The monoisotopic (exact) mass is 282 g/mol. The fourth-order valence-electron chi connectivity index (χ4n) is 2.09. The Morgan fingerprint density at radius 3 is 2.00 bits per heavy atom. The summed E-state index contributed by atoms with van der Waals surface area (Å²) in [5.74, 6) is 0. The molecule has 0 fully saturated rings. The molecule has 0 spiro atoms. The van der Waals surface area contributed by atoms with E-state index in [4.69, 9.17) is 10.4 Å². The zero-order valence-electron chi connectivity index (χ0n) is 11.9. The smallest absolute Gasteiger partial charge is 0.0871 e. The minimum Gasteiger partial charge on any atom is -0.411 e. The topological polar surface area (TPSA) is 65.2 Å². The number of nitrogens with zero attached hydrogens (tertiary/aromatic N) is 2. The fraction of sp³-hybridized carbons (Fsp3) is 0.176. The molecule has 2 rings (SSSR count). The van der Waals surface area contributed by atoms with Gasteiger partial charge in [0.25, 0.3) is 0 Å². The lowest BCUT2D eigenvalue weighted by Gasteiger charge is -2.06. The van der Waals surface area contributed by atoms with Gasteiger partial charge in [0.05, 0.1) is 11.4 Å². The summed E-state index contributed by atoms with van der Waals surface area (Å²) >= 11 is 0. The van der Waals surface area contributed by atoms with E-state index in [1.165, 1.54) is 0 Å². The predicted octanol–water partition coefficient (Wildman–Crippen LogP) is 4.16. The second-order valence-corrected chi connectivity index (χ2v) is 4.83. The first-order valence-electron chi connectivity index (χ1n) is 6.79. The van der Waals surface area contributed by atoms with Crippen LogP contribution in [0.4, 0.5) is 0 Å². The summed E-state index contributed by atoms with van der Waals surface area (Å²) in [5, 5.41) is 24.2. The Kier molecular flexibility index (Phi) is 5.10. The van der Waals surface area contributed by atoms with Gasteiger partial charge >= 0.3 is 0 Å². The Morgan fingerprint density at radius 1 is 0.810 bits per heavy atom. The van der Waals surface area contributed by atoms with Crippen molar-refractivity contribution in [3.05, 3.63) is 60.2 Å². The molecule has 0 atom stereocenters. The zero-order valence-corrected chi connectivity index (χ0v) is 11.9. The van der Waals surface area contributed by atoms with Crippen LogP contribution in [0.2, 0.25) is 0 Å². The van der Waals surface area contributed by atoms with E-state index in [0.29, 0.717) is 24.3 Å². The molecule has 0 aliphatic carbocycles. The Morgan fingerprint density at radius 2 is 1.43 bits per heavy atom. The van der Waals surface area contributed by atoms with Crippen LogP contribution >= 0.6 is 0 Å². The Hall–Kier alpha value is -2.62. The summed E-state index contributed by atoms with van der Waals surface area (Å²) in [6, 6.07) is 18.0. The maximum absolute atomic E-state index is 9.14. The third kappa shape index (κ3) is 3.92. The first-order chi connectivity index (χ1) is 10.2. The van der Waals surface area contributed by atoms with Crippen molar-refractivity contribution >= 4 is 11.4 Å². The molecule has 0 bridgehead atoms. The summed E-state index contributed by atoms with van der Waals surface area (Å²) in [7, 11) is 0. The lowest BCUT2D eigenvalue weighted by molar-refractivity contribution is 0.315. The average molecular weight is 282 g/mol. The Balaban J connectivity index is 2.14. The molecular weight excluding hydrogens is 264 g/mol. The Labute approximate surface area is 124 Å². The van der Waals surface area contributed by atoms with Gasteiger partial charge in [-0.3, -0.25) is 0 Å². The third-order valence-electron chi connectivity index (χ3n) is 3.34. The van der Waals surface area contributed by atoms with Gasteiger partial charge in [0.15, 0.2) is 0 Å². The molecule has 0 saturated heterocycles. The molecule has 0 heterocycles. The van der Waals surface area contributed by atoms with Gasteiger partial charge in [-0.05, 0) is 36.5 Å². The maximum Gasteiger partial charge on any atom is 0.0871 e. The van der Waals surface area contributed by atoms with E-state index in [0.717, 1.165) is 16.7 Å². The zero-order chi connectivity index (χ0) is 15.1. The van der Waals surface area contributed by atoms with Gasteiger partial charge in [-0.15, -0.1) is 0 Å². The molecule has 2 aromatic rings. The molecule has 2 aromatic carbocycles. The van der Waals surface area contributed by atoms with E-state index in [9.17, 15) is 0 Å². The molecule has 0 saturated carbocycles. The third-order valence-corrected chi connectivity index (χ3v) is 3.34. The molecule has 108 valence electrons. The highest BCUT2D eigenvalue weighted by Crippen LogP contribution is 2.20. The van der Waals surface area contributed by atoms with Crippen LogP contribution in [-0.2, 0) is 0 Å². The van der Waals surface area contributed by atoms with Crippen molar-refractivity contribution in [2.24, 2.45) is 10.3 Å². The van der Waals surface area contributed by atoms with Crippen LogP contribution in [0.25, 0.3) is 11.1 Å². The highest BCUT2D eigenvalue weighted by molar-refractivity contribution is 6.02. The average Bonchev–Trinajstić information content (AvgIpc) is 2.56. The normalized spacial score (nSPS) is 12.4. The van der Waals surface area contributed by atoms with Crippen LogP contribution in [0.1, 0.15) is 25.3 Å². The van der Waals surface area contributed by atoms with Crippen LogP contribution in [0.5, 0.6) is 0 Å². The highest BCUT2D eigenvalue weighted by atomic mass is 16.4. The Bertz CT molecular complexity index is 632. The van der Waals surface area contributed by atoms with E-state index in [1.54, 1.807) is 6.92 Å². The maximum atomic E-state index is 9.14. The van der Waals surface area contributed by atoms with Crippen LogP contribution in [0.15, 0.2) is 64.9 Å². The standard InChI is InChI=1S/C17H18N2O2/c1-13(18-20)7-12-17(19-21)16-10-8-15(9-11-16)14-5-3-2-4-6-14/h2-6,8-11,20-21H,7,12H2,1H3. The van der Waals surface area contributed by atoms with Crippen LogP contribution in [0.3, 0.4) is 0 Å². The van der Waals surface area contributed by atoms with E-state index < -0.39 is 0 Å². The van der Waals surface area contributed by atoms with E-state index in [-0.39, 0.29) is 0 Å². The van der Waals surface area contributed by atoms with E-state index in [2.05, 4.69) is 22.4 Å². The van der Waals surface area contributed by atoms with Gasteiger partial charge in [-0.2, -0.15) is 0 Å². The van der Waals surface area contributed by atoms with Crippen molar-refractivity contribution in [1.82, 2.24) is 0 Å². The lowest BCUT2D eigenvalue weighted by Crippen LogP contribution is -2.04. The molecular formula is C17H18N2O2. The summed E-state index contributed by atoms with van der Waals surface area (Å²) < 4.78 is 0. The summed E-state index contributed by atoms with van der Waals surface area (Å²) in [6.07, 6.45) is 1.08. The quantitative estimate of drug-likeness (QED) is 0.491. The molecule has 0 aliphatic heterocycles. The number of hydrogen-bond acceptors (Lipinski definition) is 4. The molecule has 0 aliphatic rings.